The van der Waals surface area contributed by atoms with Gasteiger partial charge in [0, 0.05) is 18.0 Å². The van der Waals surface area contributed by atoms with Crippen molar-refractivity contribution in [3.05, 3.63) is 119 Å². The molecule has 4 aromatic rings. The molecule has 0 spiro atoms. The molecule has 3 aromatic carbocycles. The van der Waals surface area contributed by atoms with Gasteiger partial charge in [-0.05, 0) is 54.0 Å². The van der Waals surface area contributed by atoms with Gasteiger partial charge < -0.3 is 9.47 Å². The first kappa shape index (κ1) is 20.4. The number of carbonyl (C=O) groups is 2. The van der Waals surface area contributed by atoms with Crippen LogP contribution in [0.5, 0.6) is 11.5 Å². The van der Waals surface area contributed by atoms with Crippen molar-refractivity contribution in [2.24, 2.45) is 0 Å². The van der Waals surface area contributed by atoms with Crippen LogP contribution in [0, 0.1) is 6.92 Å². The standard InChI is InChI=1S/C28H19NO4/c1-18-24(33-28(31)22-13-15-29-16-14-22)12-11-23-26(30)25(32-27(18)23)17-19-7-9-21(10-8-19)20-5-3-2-4-6-20/h2-17H,1H3/b25-17-. The summed E-state index contributed by atoms with van der Waals surface area (Å²) in [4.78, 5) is 29.2. The number of allylic oxidation sites excluding steroid dienone is 1. The van der Waals surface area contributed by atoms with Gasteiger partial charge in [-0.3, -0.25) is 9.78 Å². The van der Waals surface area contributed by atoms with Gasteiger partial charge in [-0.25, -0.2) is 4.79 Å². The monoisotopic (exact) mass is 433 g/mol. The average Bonchev–Trinajstić information content (AvgIpc) is 3.18. The third kappa shape index (κ3) is 4.04. The van der Waals surface area contributed by atoms with Crippen LogP contribution in [0.15, 0.2) is 97.0 Å². The highest BCUT2D eigenvalue weighted by molar-refractivity contribution is 6.15. The summed E-state index contributed by atoms with van der Waals surface area (Å²) in [5.41, 5.74) is 4.50. The van der Waals surface area contributed by atoms with Crippen LogP contribution in [0.1, 0.15) is 31.8 Å². The first-order valence-corrected chi connectivity index (χ1v) is 10.5. The summed E-state index contributed by atoms with van der Waals surface area (Å²) in [6, 6.07) is 24.4. The minimum atomic E-state index is -0.501. The van der Waals surface area contributed by atoms with Gasteiger partial charge >= 0.3 is 5.97 Å². The van der Waals surface area contributed by atoms with E-state index in [1.807, 2.05) is 42.5 Å². The number of Topliss-reactive ketones (excluding diaryl/α,β-unsaturated/α-hetero) is 1. The lowest BCUT2D eigenvalue weighted by Crippen LogP contribution is -2.09. The van der Waals surface area contributed by atoms with Crippen molar-refractivity contribution in [3.8, 4) is 22.6 Å². The molecule has 160 valence electrons. The van der Waals surface area contributed by atoms with E-state index in [-0.39, 0.29) is 11.5 Å². The molecule has 0 amide bonds. The summed E-state index contributed by atoms with van der Waals surface area (Å²) >= 11 is 0. The number of ether oxygens (including phenoxy) is 2. The van der Waals surface area contributed by atoms with Crippen molar-refractivity contribution in [1.29, 1.82) is 0 Å². The molecular formula is C28H19NO4. The largest absolute Gasteiger partial charge is 0.452 e. The van der Waals surface area contributed by atoms with Gasteiger partial charge in [0.25, 0.3) is 0 Å². The Kier molecular flexibility index (Phi) is 5.29. The molecular weight excluding hydrogens is 414 g/mol. The van der Waals surface area contributed by atoms with Gasteiger partial charge in [0.1, 0.15) is 11.5 Å². The predicted octanol–water partition coefficient (Wildman–Crippen LogP) is 5.89. The number of fused-ring (bicyclic) bond motifs is 1. The summed E-state index contributed by atoms with van der Waals surface area (Å²) in [7, 11) is 0. The summed E-state index contributed by atoms with van der Waals surface area (Å²) in [5.74, 6) is 0.286. The molecule has 2 heterocycles. The Bertz CT molecular complexity index is 1380. The highest BCUT2D eigenvalue weighted by Crippen LogP contribution is 2.39. The van der Waals surface area contributed by atoms with Crippen molar-refractivity contribution in [1.82, 2.24) is 4.98 Å². The molecule has 0 radical (unpaired) electrons. The number of esters is 1. The first-order chi connectivity index (χ1) is 16.1. The summed E-state index contributed by atoms with van der Waals surface area (Å²) < 4.78 is 11.4. The number of benzene rings is 3. The molecule has 5 rings (SSSR count). The molecule has 1 aliphatic heterocycles. The van der Waals surface area contributed by atoms with Gasteiger partial charge in [0.2, 0.25) is 5.78 Å². The number of pyridine rings is 1. The first-order valence-electron chi connectivity index (χ1n) is 10.5. The molecule has 0 bridgehead atoms. The third-order valence-corrected chi connectivity index (χ3v) is 5.47. The van der Waals surface area contributed by atoms with E-state index < -0.39 is 5.97 Å². The lowest BCUT2D eigenvalue weighted by atomic mass is 10.0. The average molecular weight is 433 g/mol. The van der Waals surface area contributed by atoms with Gasteiger partial charge in [-0.1, -0.05) is 54.6 Å². The molecule has 0 N–H and O–H groups in total. The van der Waals surface area contributed by atoms with Crippen LogP contribution in [0.25, 0.3) is 17.2 Å². The number of hydrogen-bond donors (Lipinski definition) is 0. The summed E-state index contributed by atoms with van der Waals surface area (Å²) in [5, 5.41) is 0. The highest BCUT2D eigenvalue weighted by Gasteiger charge is 2.30. The normalized spacial score (nSPS) is 13.5. The second-order valence-electron chi connectivity index (χ2n) is 7.62. The fraction of sp³-hybridized carbons (Fsp3) is 0.0357. The maximum Gasteiger partial charge on any atom is 0.343 e. The number of ketones is 1. The van der Waals surface area contributed by atoms with Crippen LogP contribution in [0.3, 0.4) is 0 Å². The van der Waals surface area contributed by atoms with E-state index in [0.717, 1.165) is 16.7 Å². The molecule has 0 fully saturated rings. The second kappa shape index (κ2) is 8.55. The molecule has 0 saturated heterocycles. The molecule has 0 aliphatic carbocycles. The van der Waals surface area contributed by atoms with E-state index in [4.69, 9.17) is 9.47 Å². The van der Waals surface area contributed by atoms with Crippen molar-refractivity contribution in [2.45, 2.75) is 6.92 Å². The minimum Gasteiger partial charge on any atom is -0.452 e. The molecule has 0 atom stereocenters. The lowest BCUT2D eigenvalue weighted by Gasteiger charge is -2.10. The Hall–Kier alpha value is -4.51. The van der Waals surface area contributed by atoms with Crippen LogP contribution in [-0.4, -0.2) is 16.7 Å². The van der Waals surface area contributed by atoms with Crippen LogP contribution in [-0.2, 0) is 0 Å². The summed E-state index contributed by atoms with van der Waals surface area (Å²) in [6.45, 7) is 1.76. The van der Waals surface area contributed by atoms with E-state index in [1.165, 1.54) is 12.4 Å². The lowest BCUT2D eigenvalue weighted by molar-refractivity contribution is 0.0733. The fourth-order valence-electron chi connectivity index (χ4n) is 3.68. The molecule has 33 heavy (non-hydrogen) atoms. The van der Waals surface area contributed by atoms with Crippen molar-refractivity contribution >= 4 is 17.8 Å². The predicted molar refractivity (Wildman–Crippen MR) is 125 cm³/mol. The van der Waals surface area contributed by atoms with E-state index in [9.17, 15) is 9.59 Å². The third-order valence-electron chi connectivity index (χ3n) is 5.47. The van der Waals surface area contributed by atoms with E-state index in [1.54, 1.807) is 37.3 Å². The van der Waals surface area contributed by atoms with Crippen LogP contribution in [0.4, 0.5) is 0 Å². The van der Waals surface area contributed by atoms with Crippen molar-refractivity contribution < 1.29 is 19.1 Å². The molecule has 5 nitrogen and oxygen atoms in total. The van der Waals surface area contributed by atoms with Gasteiger partial charge in [0.15, 0.2) is 5.76 Å². The van der Waals surface area contributed by atoms with E-state index in [2.05, 4.69) is 17.1 Å². The minimum absolute atomic E-state index is 0.202. The topological polar surface area (TPSA) is 65.5 Å². The second-order valence-corrected chi connectivity index (χ2v) is 7.62. The highest BCUT2D eigenvalue weighted by atomic mass is 16.5. The number of rotatable bonds is 4. The van der Waals surface area contributed by atoms with Crippen molar-refractivity contribution in [3.63, 3.8) is 0 Å². The number of carbonyl (C=O) groups excluding carboxylic acids is 2. The zero-order valence-electron chi connectivity index (χ0n) is 17.8. The molecule has 0 unspecified atom stereocenters. The Morgan fingerprint density at radius 2 is 1.58 bits per heavy atom. The fourth-order valence-corrected chi connectivity index (χ4v) is 3.68. The van der Waals surface area contributed by atoms with Gasteiger partial charge in [-0.2, -0.15) is 0 Å². The van der Waals surface area contributed by atoms with E-state index in [0.29, 0.717) is 28.2 Å². The Morgan fingerprint density at radius 1 is 0.879 bits per heavy atom. The maximum atomic E-state index is 12.9. The number of hydrogen-bond acceptors (Lipinski definition) is 5. The van der Waals surface area contributed by atoms with Crippen LogP contribution < -0.4 is 9.47 Å². The molecule has 1 aromatic heterocycles. The Balaban J connectivity index is 1.38. The van der Waals surface area contributed by atoms with Gasteiger partial charge in [0.05, 0.1) is 11.1 Å². The molecule has 1 aliphatic rings. The zero-order chi connectivity index (χ0) is 22.8. The quantitative estimate of drug-likeness (QED) is 0.228. The SMILES string of the molecule is Cc1c(OC(=O)c2ccncc2)ccc2c1O/C(=C\c1ccc(-c3ccccc3)cc1)C2=O. The van der Waals surface area contributed by atoms with E-state index >= 15 is 0 Å². The van der Waals surface area contributed by atoms with Crippen molar-refractivity contribution in [2.75, 3.05) is 0 Å². The zero-order valence-corrected chi connectivity index (χ0v) is 17.8. The molecule has 5 heteroatoms. The number of aromatic nitrogens is 1. The Labute approximate surface area is 191 Å². The smallest absolute Gasteiger partial charge is 0.343 e. The Morgan fingerprint density at radius 3 is 2.30 bits per heavy atom. The number of nitrogens with zero attached hydrogens (tertiary/aromatic N) is 1. The molecule has 0 saturated carbocycles. The maximum absolute atomic E-state index is 12.9. The van der Waals surface area contributed by atoms with Crippen LogP contribution in [0.2, 0.25) is 0 Å². The summed E-state index contributed by atoms with van der Waals surface area (Å²) in [6.07, 6.45) is 4.77. The van der Waals surface area contributed by atoms with Gasteiger partial charge in [-0.15, -0.1) is 0 Å². The van der Waals surface area contributed by atoms with Crippen LogP contribution >= 0.6 is 0 Å².